The van der Waals surface area contributed by atoms with E-state index in [0.717, 1.165) is 5.69 Å². The zero-order valence-electron chi connectivity index (χ0n) is 10.2. The van der Waals surface area contributed by atoms with Gasteiger partial charge in [-0.05, 0) is 20.1 Å². The number of carbonyl (C=O) groups excluding carboxylic acids is 1. The second kappa shape index (κ2) is 4.77. The predicted molar refractivity (Wildman–Crippen MR) is 68.6 cm³/mol. The van der Waals surface area contributed by atoms with Gasteiger partial charge in [0.2, 0.25) is 0 Å². The maximum Gasteiger partial charge on any atom is 0.283 e. The maximum atomic E-state index is 12.0. The molecule has 6 nitrogen and oxygen atoms in total. The SMILES string of the molecule is CSc1nc(C)cc(-n2[nH]c(C)c(C=O)c2=O)n1. The molecule has 0 radical (unpaired) electrons. The van der Waals surface area contributed by atoms with Gasteiger partial charge in [-0.15, -0.1) is 0 Å². The highest BCUT2D eigenvalue weighted by Crippen LogP contribution is 2.12. The highest BCUT2D eigenvalue weighted by molar-refractivity contribution is 7.98. The Morgan fingerprint density at radius 2 is 2.11 bits per heavy atom. The topological polar surface area (TPSA) is 80.6 Å². The van der Waals surface area contributed by atoms with E-state index >= 15 is 0 Å². The minimum absolute atomic E-state index is 0.122. The van der Waals surface area contributed by atoms with Gasteiger partial charge >= 0.3 is 0 Å². The highest BCUT2D eigenvalue weighted by atomic mass is 32.2. The van der Waals surface area contributed by atoms with E-state index in [2.05, 4.69) is 15.1 Å². The van der Waals surface area contributed by atoms with Crippen LogP contribution in [0.4, 0.5) is 0 Å². The molecule has 0 atom stereocenters. The first kappa shape index (κ1) is 12.6. The first-order valence-electron chi connectivity index (χ1n) is 5.23. The maximum absolute atomic E-state index is 12.0. The summed E-state index contributed by atoms with van der Waals surface area (Å²) >= 11 is 1.39. The molecular weight excluding hydrogens is 252 g/mol. The van der Waals surface area contributed by atoms with Crippen molar-refractivity contribution in [2.45, 2.75) is 19.0 Å². The third-order valence-corrected chi connectivity index (χ3v) is 3.01. The molecule has 0 saturated carbocycles. The number of hydrogen-bond donors (Lipinski definition) is 1. The summed E-state index contributed by atoms with van der Waals surface area (Å²) in [4.78, 5) is 31.2. The molecule has 2 aromatic heterocycles. The van der Waals surface area contributed by atoms with Crippen molar-refractivity contribution in [2.24, 2.45) is 0 Å². The Bertz CT molecular complexity index is 660. The van der Waals surface area contributed by atoms with E-state index < -0.39 is 5.56 Å². The average molecular weight is 264 g/mol. The van der Waals surface area contributed by atoms with Crippen molar-refractivity contribution in [2.75, 3.05) is 6.26 Å². The van der Waals surface area contributed by atoms with E-state index in [0.29, 0.717) is 23.0 Å². The zero-order valence-corrected chi connectivity index (χ0v) is 11.0. The lowest BCUT2D eigenvalue weighted by atomic mass is 10.3. The molecule has 2 rings (SSSR count). The number of nitrogens with one attached hydrogen (secondary N) is 1. The van der Waals surface area contributed by atoms with Gasteiger partial charge < -0.3 is 0 Å². The van der Waals surface area contributed by atoms with Crippen molar-refractivity contribution in [1.82, 2.24) is 19.7 Å². The molecule has 0 aliphatic carbocycles. The predicted octanol–water partition coefficient (Wildman–Crippen LogP) is 1.11. The van der Waals surface area contributed by atoms with Crippen molar-refractivity contribution in [3.63, 3.8) is 0 Å². The molecular formula is C11H12N4O2S. The third-order valence-electron chi connectivity index (χ3n) is 2.47. The Kier molecular flexibility index (Phi) is 3.33. The van der Waals surface area contributed by atoms with Gasteiger partial charge in [0, 0.05) is 17.5 Å². The first-order valence-corrected chi connectivity index (χ1v) is 6.46. The van der Waals surface area contributed by atoms with Crippen LogP contribution < -0.4 is 5.56 Å². The van der Waals surface area contributed by atoms with E-state index in [9.17, 15) is 9.59 Å². The van der Waals surface area contributed by atoms with E-state index in [1.807, 2.05) is 13.2 Å². The van der Waals surface area contributed by atoms with Crippen molar-refractivity contribution in [3.8, 4) is 5.82 Å². The van der Waals surface area contributed by atoms with E-state index in [1.165, 1.54) is 16.4 Å². The summed E-state index contributed by atoms with van der Waals surface area (Å²) < 4.78 is 1.26. The number of hydrogen-bond acceptors (Lipinski definition) is 5. The number of nitrogens with zero attached hydrogens (tertiary/aromatic N) is 3. The zero-order chi connectivity index (χ0) is 13.3. The fourth-order valence-corrected chi connectivity index (χ4v) is 2.01. The van der Waals surface area contributed by atoms with Gasteiger partial charge in [-0.25, -0.2) is 14.6 Å². The molecule has 2 aromatic rings. The van der Waals surface area contributed by atoms with E-state index in [4.69, 9.17) is 0 Å². The van der Waals surface area contributed by atoms with Crippen LogP contribution in [0.2, 0.25) is 0 Å². The molecule has 94 valence electrons. The molecule has 0 unspecified atom stereocenters. The van der Waals surface area contributed by atoms with Crippen molar-refractivity contribution < 1.29 is 4.79 Å². The molecule has 2 heterocycles. The Balaban J connectivity index is 2.65. The van der Waals surface area contributed by atoms with Crippen LogP contribution in [0.25, 0.3) is 5.82 Å². The Morgan fingerprint density at radius 3 is 2.67 bits per heavy atom. The lowest BCUT2D eigenvalue weighted by Gasteiger charge is -2.03. The Labute approximate surface area is 107 Å². The Hall–Kier alpha value is -1.89. The van der Waals surface area contributed by atoms with Crippen LogP contribution in [0.1, 0.15) is 21.7 Å². The van der Waals surface area contributed by atoms with Gasteiger partial charge in [0.1, 0.15) is 5.56 Å². The summed E-state index contributed by atoms with van der Waals surface area (Å²) in [6.45, 7) is 3.50. The van der Waals surface area contributed by atoms with Crippen LogP contribution in [0.5, 0.6) is 0 Å². The summed E-state index contributed by atoms with van der Waals surface area (Å²) in [5, 5.41) is 3.41. The number of H-pyrrole nitrogens is 1. The number of aromatic amines is 1. The second-order valence-electron chi connectivity index (χ2n) is 3.76. The molecule has 0 bridgehead atoms. The van der Waals surface area contributed by atoms with Crippen LogP contribution >= 0.6 is 11.8 Å². The molecule has 1 N–H and O–H groups in total. The van der Waals surface area contributed by atoms with Crippen molar-refractivity contribution in [1.29, 1.82) is 0 Å². The lowest BCUT2D eigenvalue weighted by Crippen LogP contribution is -2.18. The molecule has 0 aliphatic heterocycles. The van der Waals surface area contributed by atoms with Gasteiger partial charge in [0.05, 0.1) is 0 Å². The molecule has 0 aromatic carbocycles. The summed E-state index contributed by atoms with van der Waals surface area (Å²) in [6.07, 6.45) is 2.41. The minimum atomic E-state index is -0.396. The number of aromatic nitrogens is 4. The third kappa shape index (κ3) is 2.08. The number of thioether (sulfide) groups is 1. The van der Waals surface area contributed by atoms with Crippen LogP contribution in [-0.4, -0.2) is 32.3 Å². The first-order chi connectivity index (χ1) is 8.56. The van der Waals surface area contributed by atoms with Crippen molar-refractivity contribution in [3.05, 3.63) is 33.4 Å². The fourth-order valence-electron chi connectivity index (χ4n) is 1.59. The van der Waals surface area contributed by atoms with Crippen LogP contribution in [-0.2, 0) is 0 Å². The summed E-state index contributed by atoms with van der Waals surface area (Å²) in [5.41, 5.74) is 1.01. The summed E-state index contributed by atoms with van der Waals surface area (Å²) in [7, 11) is 0. The quantitative estimate of drug-likeness (QED) is 0.510. The van der Waals surface area contributed by atoms with Crippen molar-refractivity contribution >= 4 is 18.0 Å². The molecule has 0 saturated heterocycles. The molecule has 0 spiro atoms. The van der Waals surface area contributed by atoms with Crippen LogP contribution in [0.3, 0.4) is 0 Å². The molecule has 0 aliphatic rings. The number of aldehydes is 1. The standard InChI is InChI=1S/C11H12N4O2S/c1-6-4-9(13-11(12-6)18-3)15-10(17)8(5-16)7(2)14-15/h4-5,14H,1-3H3. The fraction of sp³-hybridized carbons (Fsp3) is 0.273. The lowest BCUT2D eigenvalue weighted by molar-refractivity contribution is 0.112. The molecule has 7 heteroatoms. The second-order valence-corrected chi connectivity index (χ2v) is 4.54. The minimum Gasteiger partial charge on any atom is -0.298 e. The monoisotopic (exact) mass is 264 g/mol. The summed E-state index contributed by atoms with van der Waals surface area (Å²) in [6, 6.07) is 1.69. The number of rotatable bonds is 3. The average Bonchev–Trinajstić information content (AvgIpc) is 2.63. The largest absolute Gasteiger partial charge is 0.298 e. The highest BCUT2D eigenvalue weighted by Gasteiger charge is 2.13. The van der Waals surface area contributed by atoms with Gasteiger partial charge in [-0.2, -0.15) is 0 Å². The van der Waals surface area contributed by atoms with Gasteiger partial charge in [-0.3, -0.25) is 14.7 Å². The van der Waals surface area contributed by atoms with Gasteiger partial charge in [0.25, 0.3) is 5.56 Å². The van der Waals surface area contributed by atoms with Gasteiger partial charge in [-0.1, -0.05) is 11.8 Å². The molecule has 18 heavy (non-hydrogen) atoms. The van der Waals surface area contributed by atoms with Crippen LogP contribution in [0, 0.1) is 13.8 Å². The van der Waals surface area contributed by atoms with Gasteiger partial charge in [0.15, 0.2) is 17.3 Å². The van der Waals surface area contributed by atoms with Crippen LogP contribution in [0.15, 0.2) is 16.0 Å². The normalized spacial score (nSPS) is 10.6. The Morgan fingerprint density at radius 1 is 1.39 bits per heavy atom. The number of carbonyl (C=O) groups is 1. The molecule has 0 fully saturated rings. The van der Waals surface area contributed by atoms with E-state index in [-0.39, 0.29) is 5.56 Å². The number of aryl methyl sites for hydroxylation is 2. The smallest absolute Gasteiger partial charge is 0.283 e. The molecule has 0 amide bonds. The van der Waals surface area contributed by atoms with E-state index in [1.54, 1.807) is 13.0 Å². The summed E-state index contributed by atoms with van der Waals surface area (Å²) in [5.74, 6) is 0.438.